The Morgan fingerprint density at radius 3 is 2.56 bits per heavy atom. The van der Waals surface area contributed by atoms with Gasteiger partial charge in [0.25, 0.3) is 0 Å². The van der Waals surface area contributed by atoms with Crippen LogP contribution in [0.3, 0.4) is 0 Å². The van der Waals surface area contributed by atoms with E-state index in [-0.39, 0.29) is 12.1 Å². The predicted molar refractivity (Wildman–Crippen MR) is 98.2 cm³/mol. The van der Waals surface area contributed by atoms with Crippen LogP contribution in [0.1, 0.15) is 36.6 Å². The van der Waals surface area contributed by atoms with E-state index in [0.29, 0.717) is 6.61 Å². The first-order valence-corrected chi connectivity index (χ1v) is 8.76. The van der Waals surface area contributed by atoms with E-state index in [0.717, 1.165) is 23.1 Å². The van der Waals surface area contributed by atoms with Crippen LogP contribution in [0, 0.1) is 0 Å². The minimum absolute atomic E-state index is 0.118. The molecule has 6 heteroatoms. The van der Waals surface area contributed by atoms with Gasteiger partial charge in [-0.15, -0.1) is 0 Å². The molecule has 1 aromatic heterocycles. The number of anilines is 1. The molecule has 5 nitrogen and oxygen atoms in total. The van der Waals surface area contributed by atoms with Crippen molar-refractivity contribution >= 4 is 17.5 Å². The fraction of sp³-hybridized carbons (Fsp3) is 0.263. The summed E-state index contributed by atoms with van der Waals surface area (Å²) in [7, 11) is 0. The summed E-state index contributed by atoms with van der Waals surface area (Å²) in [6.07, 6.45) is 2.47. The molecule has 2 heterocycles. The Bertz CT molecular complexity index is 845. The van der Waals surface area contributed by atoms with Crippen LogP contribution in [0.25, 0.3) is 0 Å². The summed E-state index contributed by atoms with van der Waals surface area (Å²) in [4.78, 5) is 4.36. The molecule has 2 atom stereocenters. The minimum atomic E-state index is 0.118. The molecule has 1 N–H and O–H groups in total. The molecule has 25 heavy (non-hydrogen) atoms. The second kappa shape index (κ2) is 6.76. The summed E-state index contributed by atoms with van der Waals surface area (Å²) in [5, 5.41) is 8.61. The number of ether oxygens (including phenoxy) is 1. The van der Waals surface area contributed by atoms with Gasteiger partial charge in [0.15, 0.2) is 0 Å². The lowest BCUT2D eigenvalue weighted by atomic mass is 9.93. The number of nitrogens with one attached hydrogen (secondary N) is 1. The van der Waals surface area contributed by atoms with Crippen LogP contribution < -0.4 is 10.1 Å². The number of fused-ring (bicyclic) bond motifs is 1. The van der Waals surface area contributed by atoms with E-state index in [9.17, 15) is 0 Å². The Balaban J connectivity index is 1.64. The number of halogens is 1. The van der Waals surface area contributed by atoms with Crippen LogP contribution in [0.2, 0.25) is 5.02 Å². The van der Waals surface area contributed by atoms with E-state index < -0.39 is 0 Å². The highest BCUT2D eigenvalue weighted by Crippen LogP contribution is 2.37. The molecule has 2 aromatic carbocycles. The maximum Gasteiger partial charge on any atom is 0.222 e. The minimum Gasteiger partial charge on any atom is -0.494 e. The summed E-state index contributed by atoms with van der Waals surface area (Å²) in [5.74, 6) is 1.67. The molecule has 0 spiro atoms. The molecule has 0 aliphatic carbocycles. The lowest BCUT2D eigenvalue weighted by Crippen LogP contribution is -2.28. The average molecular weight is 355 g/mol. The van der Waals surface area contributed by atoms with Gasteiger partial charge in [-0.1, -0.05) is 35.9 Å². The number of nitrogens with zero attached hydrogens (tertiary/aromatic N) is 3. The van der Waals surface area contributed by atoms with Gasteiger partial charge >= 0.3 is 0 Å². The lowest BCUT2D eigenvalue weighted by Gasteiger charge is -2.32. The SMILES string of the molecule is CCOc1ccc([C@@H]2C[C@H](c3ccc(Cl)cc3)n3ncnc3N2)cc1. The smallest absolute Gasteiger partial charge is 0.222 e. The largest absolute Gasteiger partial charge is 0.494 e. The number of hydrogen-bond donors (Lipinski definition) is 1. The van der Waals surface area contributed by atoms with Crippen molar-refractivity contribution < 1.29 is 4.74 Å². The molecular weight excluding hydrogens is 336 g/mol. The molecule has 0 unspecified atom stereocenters. The summed E-state index contributed by atoms with van der Waals surface area (Å²) < 4.78 is 7.47. The maximum absolute atomic E-state index is 6.04. The highest BCUT2D eigenvalue weighted by atomic mass is 35.5. The second-order valence-corrected chi connectivity index (χ2v) is 6.47. The molecule has 0 saturated carbocycles. The quantitative estimate of drug-likeness (QED) is 0.750. The van der Waals surface area contributed by atoms with Gasteiger partial charge in [-0.05, 0) is 48.7 Å². The third-order valence-corrected chi connectivity index (χ3v) is 4.73. The standard InChI is InChI=1S/C19H19ClN4O/c1-2-25-16-9-5-13(6-10-16)17-11-18(14-3-7-15(20)8-4-14)24-19(23-17)21-12-22-24/h3-10,12,17-18H,2,11H2,1H3,(H,21,22,23)/t17-,18+/m0/s1. The van der Waals surface area contributed by atoms with Crippen LogP contribution >= 0.6 is 11.6 Å². The van der Waals surface area contributed by atoms with E-state index in [4.69, 9.17) is 16.3 Å². The summed E-state index contributed by atoms with van der Waals surface area (Å²) in [5.41, 5.74) is 2.38. The van der Waals surface area contributed by atoms with Crippen molar-refractivity contribution in [3.63, 3.8) is 0 Å². The Kier molecular flexibility index (Phi) is 4.32. The zero-order valence-electron chi connectivity index (χ0n) is 13.9. The molecule has 3 aromatic rings. The van der Waals surface area contributed by atoms with Crippen LogP contribution in [-0.2, 0) is 0 Å². The Labute approximate surface area is 151 Å². The highest BCUT2D eigenvalue weighted by molar-refractivity contribution is 6.30. The molecule has 1 aliphatic heterocycles. The van der Waals surface area contributed by atoms with Crippen molar-refractivity contribution in [2.24, 2.45) is 0 Å². The summed E-state index contributed by atoms with van der Waals surface area (Å²) in [6.45, 7) is 2.66. The zero-order valence-corrected chi connectivity index (χ0v) is 14.6. The van der Waals surface area contributed by atoms with Crippen molar-refractivity contribution in [2.45, 2.75) is 25.4 Å². The van der Waals surface area contributed by atoms with E-state index in [2.05, 4.69) is 39.7 Å². The number of aromatic nitrogens is 3. The first-order chi connectivity index (χ1) is 12.2. The molecule has 0 fully saturated rings. The third-order valence-electron chi connectivity index (χ3n) is 4.48. The lowest BCUT2D eigenvalue weighted by molar-refractivity contribution is 0.340. The average Bonchev–Trinajstić information content (AvgIpc) is 3.11. The van der Waals surface area contributed by atoms with Crippen molar-refractivity contribution in [2.75, 3.05) is 11.9 Å². The first kappa shape index (κ1) is 16.0. The van der Waals surface area contributed by atoms with Crippen molar-refractivity contribution in [3.05, 3.63) is 71.0 Å². The van der Waals surface area contributed by atoms with Crippen LogP contribution in [0.15, 0.2) is 54.9 Å². The van der Waals surface area contributed by atoms with Crippen LogP contribution in [0.5, 0.6) is 5.75 Å². The highest BCUT2D eigenvalue weighted by Gasteiger charge is 2.29. The Hall–Kier alpha value is -2.53. The molecular formula is C19H19ClN4O. The first-order valence-electron chi connectivity index (χ1n) is 8.39. The van der Waals surface area contributed by atoms with Crippen LogP contribution in [-0.4, -0.2) is 21.4 Å². The summed E-state index contributed by atoms with van der Waals surface area (Å²) >= 11 is 6.04. The summed E-state index contributed by atoms with van der Waals surface area (Å²) in [6, 6.07) is 16.5. The fourth-order valence-corrected chi connectivity index (χ4v) is 3.39. The van der Waals surface area contributed by atoms with Crippen LogP contribution in [0.4, 0.5) is 5.95 Å². The van der Waals surface area contributed by atoms with Crippen molar-refractivity contribution in [1.82, 2.24) is 14.8 Å². The van der Waals surface area contributed by atoms with Gasteiger partial charge in [0.2, 0.25) is 5.95 Å². The molecule has 0 radical (unpaired) electrons. The molecule has 0 saturated heterocycles. The monoisotopic (exact) mass is 354 g/mol. The van der Waals surface area contributed by atoms with Crippen molar-refractivity contribution in [3.8, 4) is 5.75 Å². The van der Waals surface area contributed by atoms with E-state index in [1.54, 1.807) is 6.33 Å². The van der Waals surface area contributed by atoms with Gasteiger partial charge in [-0.25, -0.2) is 4.68 Å². The third kappa shape index (κ3) is 3.20. The molecule has 0 bridgehead atoms. The van der Waals surface area contributed by atoms with Gasteiger partial charge in [0, 0.05) is 5.02 Å². The number of hydrogen-bond acceptors (Lipinski definition) is 4. The molecule has 4 rings (SSSR count). The Morgan fingerprint density at radius 1 is 1.12 bits per heavy atom. The normalized spacial score (nSPS) is 19.1. The molecule has 128 valence electrons. The second-order valence-electron chi connectivity index (χ2n) is 6.03. The van der Waals surface area contributed by atoms with E-state index in [1.807, 2.05) is 35.9 Å². The fourth-order valence-electron chi connectivity index (χ4n) is 3.26. The zero-order chi connectivity index (χ0) is 17.2. The predicted octanol–water partition coefficient (Wildman–Crippen LogP) is 4.48. The number of rotatable bonds is 4. The van der Waals surface area contributed by atoms with Gasteiger partial charge in [0.1, 0.15) is 12.1 Å². The number of benzene rings is 2. The van der Waals surface area contributed by atoms with Gasteiger partial charge < -0.3 is 10.1 Å². The maximum atomic E-state index is 6.04. The Morgan fingerprint density at radius 2 is 1.84 bits per heavy atom. The van der Waals surface area contributed by atoms with Gasteiger partial charge in [-0.2, -0.15) is 10.1 Å². The van der Waals surface area contributed by atoms with Crippen molar-refractivity contribution in [1.29, 1.82) is 0 Å². The van der Waals surface area contributed by atoms with Gasteiger partial charge in [-0.3, -0.25) is 0 Å². The van der Waals surface area contributed by atoms with Gasteiger partial charge in [0.05, 0.1) is 18.7 Å². The van der Waals surface area contributed by atoms with E-state index >= 15 is 0 Å². The molecule has 1 aliphatic rings. The topological polar surface area (TPSA) is 52.0 Å². The van der Waals surface area contributed by atoms with E-state index in [1.165, 1.54) is 11.1 Å². The molecule has 0 amide bonds.